The van der Waals surface area contributed by atoms with Crippen molar-refractivity contribution in [1.82, 2.24) is 0 Å². The second kappa shape index (κ2) is 2.58. The Morgan fingerprint density at radius 2 is 2.43 bits per heavy atom. The van der Waals surface area contributed by atoms with Gasteiger partial charge < -0.3 is 10.8 Å². The molecule has 0 heterocycles. The minimum atomic E-state index is -0.928. The predicted octanol–water partition coefficient (Wildman–Crippen LogP) is -0.192. The second-order valence-electron chi connectivity index (χ2n) is 1.35. The van der Waals surface area contributed by atoms with E-state index in [0.29, 0.717) is 6.42 Å². The minimum absolute atomic E-state index is 0.495. The molecular weight excluding hydrogens is 95.0 g/mol. The van der Waals surface area contributed by atoms with Gasteiger partial charge in [0.1, 0.15) is 6.04 Å². The second-order valence-corrected chi connectivity index (χ2v) is 1.35. The third-order valence-electron chi connectivity index (χ3n) is 0.757. The Hall–Kier alpha value is -0.570. The molecule has 3 N–H and O–H groups in total. The number of carboxylic acid groups (broad SMARTS) is 1. The number of carbonyl (C=O) groups is 1. The standard InChI is InChI=1S/C4H9NO2/c1-2-3(5)4(6)7/h3H,2,5H2,1H3,(H,6,7)/t3-/m1/s1/i4+1. The van der Waals surface area contributed by atoms with Gasteiger partial charge in [-0.3, -0.25) is 4.79 Å². The van der Waals surface area contributed by atoms with Gasteiger partial charge in [0.25, 0.3) is 0 Å². The van der Waals surface area contributed by atoms with Crippen molar-refractivity contribution in [2.45, 2.75) is 19.4 Å². The van der Waals surface area contributed by atoms with Gasteiger partial charge in [0.05, 0.1) is 0 Å². The van der Waals surface area contributed by atoms with Gasteiger partial charge in [-0.15, -0.1) is 0 Å². The summed E-state index contributed by atoms with van der Waals surface area (Å²) >= 11 is 0. The predicted molar refractivity (Wildman–Crippen MR) is 25.9 cm³/mol. The lowest BCUT2D eigenvalue weighted by atomic mass is 10.4. The fraction of sp³-hybridized carbons (Fsp3) is 0.750. The zero-order valence-electron chi connectivity index (χ0n) is 4.22. The summed E-state index contributed by atoms with van der Waals surface area (Å²) in [6.07, 6.45) is 0.495. The Bertz CT molecular complexity index is 72.1. The fourth-order valence-corrected chi connectivity index (χ4v) is 0.175. The first-order valence-electron chi connectivity index (χ1n) is 2.17. The molecule has 42 valence electrons. The normalized spacial score (nSPS) is 13.4. The van der Waals surface area contributed by atoms with Crippen LogP contribution in [0.4, 0.5) is 0 Å². The molecule has 7 heavy (non-hydrogen) atoms. The largest absolute Gasteiger partial charge is 0.480 e. The SMILES string of the molecule is CC[C@@H](N)[13C](=O)O. The molecule has 0 aromatic carbocycles. The lowest BCUT2D eigenvalue weighted by Crippen LogP contribution is -2.28. The molecule has 0 rings (SSSR count). The molecule has 0 fully saturated rings. The first-order chi connectivity index (χ1) is 3.18. The first kappa shape index (κ1) is 6.43. The summed E-state index contributed by atoms with van der Waals surface area (Å²) < 4.78 is 0. The topological polar surface area (TPSA) is 63.3 Å². The van der Waals surface area contributed by atoms with Crippen molar-refractivity contribution in [3.8, 4) is 0 Å². The third-order valence-corrected chi connectivity index (χ3v) is 0.757. The van der Waals surface area contributed by atoms with Crippen LogP contribution in [0.2, 0.25) is 0 Å². The molecule has 3 heteroatoms. The van der Waals surface area contributed by atoms with E-state index in [0.717, 1.165) is 0 Å². The molecule has 0 amide bonds. The molecule has 3 nitrogen and oxygen atoms in total. The number of hydrogen-bond acceptors (Lipinski definition) is 2. The third kappa shape index (κ3) is 2.17. The fourth-order valence-electron chi connectivity index (χ4n) is 0.175. The summed E-state index contributed by atoms with van der Waals surface area (Å²) in [6.45, 7) is 1.73. The number of nitrogens with two attached hydrogens (primary N) is 1. The van der Waals surface area contributed by atoms with Crippen LogP contribution >= 0.6 is 0 Å². The smallest absolute Gasteiger partial charge is 0.320 e. The molecule has 0 bridgehead atoms. The van der Waals surface area contributed by atoms with E-state index in [9.17, 15) is 4.79 Å². The molecular formula is C4H9NO2. The average Bonchev–Trinajstić information content (AvgIpc) is 1.65. The molecule has 0 saturated carbocycles. The van der Waals surface area contributed by atoms with Crippen LogP contribution in [0.1, 0.15) is 13.3 Å². The zero-order valence-corrected chi connectivity index (χ0v) is 4.22. The van der Waals surface area contributed by atoms with Gasteiger partial charge in [-0.05, 0) is 6.42 Å². The van der Waals surface area contributed by atoms with Crippen LogP contribution in [0.25, 0.3) is 0 Å². The molecule has 1 atom stereocenters. The first-order valence-corrected chi connectivity index (χ1v) is 2.17. The number of hydrogen-bond donors (Lipinski definition) is 2. The lowest BCUT2D eigenvalue weighted by molar-refractivity contribution is -0.138. The van der Waals surface area contributed by atoms with Gasteiger partial charge in [0.15, 0.2) is 0 Å². The van der Waals surface area contributed by atoms with Gasteiger partial charge in [0, 0.05) is 0 Å². The number of aliphatic carboxylic acids is 1. The molecule has 0 saturated heterocycles. The van der Waals surface area contributed by atoms with Crippen molar-refractivity contribution in [2.75, 3.05) is 0 Å². The Morgan fingerprint density at radius 3 is 2.43 bits per heavy atom. The van der Waals surface area contributed by atoms with Crippen molar-refractivity contribution in [3.63, 3.8) is 0 Å². The van der Waals surface area contributed by atoms with Crippen LogP contribution in [-0.4, -0.2) is 17.1 Å². The minimum Gasteiger partial charge on any atom is -0.480 e. The monoisotopic (exact) mass is 104 g/mol. The maximum atomic E-state index is 9.81. The molecule has 0 aliphatic rings. The van der Waals surface area contributed by atoms with Crippen LogP contribution in [0.5, 0.6) is 0 Å². The molecule has 0 aromatic heterocycles. The van der Waals surface area contributed by atoms with E-state index in [1.54, 1.807) is 6.92 Å². The number of carboxylic acids is 1. The highest BCUT2D eigenvalue weighted by Gasteiger charge is 2.05. The van der Waals surface area contributed by atoms with Crippen molar-refractivity contribution >= 4 is 5.97 Å². The molecule has 0 radical (unpaired) electrons. The summed E-state index contributed by atoms with van der Waals surface area (Å²) in [6, 6.07) is -0.681. The average molecular weight is 104 g/mol. The Kier molecular flexibility index (Phi) is 2.37. The molecule has 0 aliphatic carbocycles. The summed E-state index contributed by atoms with van der Waals surface area (Å²) in [5.41, 5.74) is 5.02. The number of rotatable bonds is 2. The Morgan fingerprint density at radius 1 is 2.00 bits per heavy atom. The van der Waals surface area contributed by atoms with Crippen LogP contribution in [0.15, 0.2) is 0 Å². The molecule has 0 aromatic rings. The van der Waals surface area contributed by atoms with E-state index < -0.39 is 12.0 Å². The maximum absolute atomic E-state index is 9.81. The Balaban J connectivity index is 3.34. The van der Waals surface area contributed by atoms with Gasteiger partial charge in [0.2, 0.25) is 0 Å². The van der Waals surface area contributed by atoms with Crippen LogP contribution in [0, 0.1) is 0 Å². The van der Waals surface area contributed by atoms with Crippen LogP contribution in [0.3, 0.4) is 0 Å². The van der Waals surface area contributed by atoms with Gasteiger partial charge in [-0.1, -0.05) is 6.92 Å². The molecule has 0 unspecified atom stereocenters. The highest BCUT2D eigenvalue weighted by atomic mass is 16.5. The van der Waals surface area contributed by atoms with Gasteiger partial charge >= 0.3 is 5.97 Å². The van der Waals surface area contributed by atoms with E-state index in [4.69, 9.17) is 10.8 Å². The van der Waals surface area contributed by atoms with E-state index in [1.807, 2.05) is 0 Å². The van der Waals surface area contributed by atoms with Crippen molar-refractivity contribution in [2.24, 2.45) is 5.73 Å². The van der Waals surface area contributed by atoms with Crippen LogP contribution in [-0.2, 0) is 4.79 Å². The van der Waals surface area contributed by atoms with Gasteiger partial charge in [-0.2, -0.15) is 0 Å². The van der Waals surface area contributed by atoms with Crippen molar-refractivity contribution < 1.29 is 9.90 Å². The summed E-state index contributed by atoms with van der Waals surface area (Å²) in [5.74, 6) is -0.928. The highest BCUT2D eigenvalue weighted by Crippen LogP contribution is 1.82. The Labute approximate surface area is 42.1 Å². The van der Waals surface area contributed by atoms with E-state index in [-0.39, 0.29) is 0 Å². The van der Waals surface area contributed by atoms with Gasteiger partial charge in [-0.25, -0.2) is 0 Å². The van der Waals surface area contributed by atoms with Crippen LogP contribution < -0.4 is 5.73 Å². The van der Waals surface area contributed by atoms with E-state index >= 15 is 0 Å². The summed E-state index contributed by atoms with van der Waals surface area (Å²) in [7, 11) is 0. The van der Waals surface area contributed by atoms with E-state index in [2.05, 4.69) is 0 Å². The summed E-state index contributed by atoms with van der Waals surface area (Å²) in [5, 5.41) is 8.06. The highest BCUT2D eigenvalue weighted by molar-refractivity contribution is 5.72. The zero-order chi connectivity index (χ0) is 5.86. The van der Waals surface area contributed by atoms with Crippen molar-refractivity contribution in [1.29, 1.82) is 0 Å². The summed E-state index contributed by atoms with van der Waals surface area (Å²) in [4.78, 5) is 9.81. The quantitative estimate of drug-likeness (QED) is 0.477. The molecule has 0 spiro atoms. The van der Waals surface area contributed by atoms with Crippen molar-refractivity contribution in [3.05, 3.63) is 0 Å². The molecule has 0 aliphatic heterocycles. The van der Waals surface area contributed by atoms with E-state index in [1.165, 1.54) is 0 Å². The lowest BCUT2D eigenvalue weighted by Gasteiger charge is -1.97. The maximum Gasteiger partial charge on any atom is 0.320 e.